The van der Waals surface area contributed by atoms with Crippen LogP contribution in [-0.2, 0) is 30.4 Å². The van der Waals surface area contributed by atoms with Crippen molar-refractivity contribution in [2.24, 2.45) is 23.3 Å². The summed E-state index contributed by atoms with van der Waals surface area (Å²) in [6.07, 6.45) is 2.80. The molecular weight excluding hydrogens is 446 g/mol. The predicted octanol–water partition coefficient (Wildman–Crippen LogP) is -1.60. The minimum Gasteiger partial charge on any atom is -0.480 e. The lowest BCUT2D eigenvalue weighted by Crippen LogP contribution is -2.59. The fourth-order valence-electron chi connectivity index (χ4n) is 3.11. The van der Waals surface area contributed by atoms with E-state index in [1.54, 1.807) is 27.7 Å². The van der Waals surface area contributed by atoms with Crippen molar-refractivity contribution in [3.05, 3.63) is 18.2 Å². The smallest absolute Gasteiger partial charge is 0.326 e. The number of nitrogens with one attached hydrogen (secondary N) is 4. The van der Waals surface area contributed by atoms with Crippen LogP contribution >= 0.6 is 0 Å². The Morgan fingerprint density at radius 2 is 1.56 bits per heavy atom. The number of amides is 4. The average molecular weight is 482 g/mol. The number of H-pyrrole nitrogens is 1. The molecule has 9 N–H and O–H groups in total. The molecule has 1 aromatic heterocycles. The minimum absolute atomic E-state index is 0.143. The number of carbonyl (C=O) groups is 5. The molecule has 190 valence electrons. The first-order valence-corrected chi connectivity index (χ1v) is 11.0. The van der Waals surface area contributed by atoms with Crippen molar-refractivity contribution in [1.29, 1.82) is 0 Å². The molecule has 0 saturated heterocycles. The number of rotatable bonds is 14. The molecule has 0 aliphatic carbocycles. The van der Waals surface area contributed by atoms with Gasteiger partial charge in [0, 0.05) is 24.7 Å². The summed E-state index contributed by atoms with van der Waals surface area (Å²) < 4.78 is 0. The molecule has 13 heteroatoms. The Kier molecular flexibility index (Phi) is 11.2. The molecule has 4 amide bonds. The summed E-state index contributed by atoms with van der Waals surface area (Å²) in [5, 5.41) is 16.8. The van der Waals surface area contributed by atoms with Gasteiger partial charge in [-0.3, -0.25) is 19.2 Å². The third-order valence-electron chi connectivity index (χ3n) is 5.12. The molecular formula is C21H35N7O6. The molecule has 4 atom stereocenters. The van der Waals surface area contributed by atoms with E-state index >= 15 is 0 Å². The molecule has 0 aliphatic heterocycles. The second kappa shape index (κ2) is 13.3. The molecule has 34 heavy (non-hydrogen) atoms. The zero-order chi connectivity index (χ0) is 26.0. The van der Waals surface area contributed by atoms with Crippen LogP contribution in [0, 0.1) is 11.8 Å². The van der Waals surface area contributed by atoms with E-state index in [-0.39, 0.29) is 25.2 Å². The second-order valence-electron chi connectivity index (χ2n) is 8.75. The number of hydrogen-bond acceptors (Lipinski definition) is 7. The van der Waals surface area contributed by atoms with E-state index in [0.29, 0.717) is 5.69 Å². The highest BCUT2D eigenvalue weighted by Gasteiger charge is 2.32. The number of aromatic amines is 1. The zero-order valence-corrected chi connectivity index (χ0v) is 19.8. The number of nitrogens with two attached hydrogens (primary N) is 2. The number of carboxylic acids is 1. The van der Waals surface area contributed by atoms with Gasteiger partial charge in [0.25, 0.3) is 0 Å². The summed E-state index contributed by atoms with van der Waals surface area (Å²) in [6.45, 7) is 6.63. The number of aliphatic carboxylic acids is 1. The first-order chi connectivity index (χ1) is 15.8. The first kappa shape index (κ1) is 28.6. The van der Waals surface area contributed by atoms with Crippen LogP contribution in [0.15, 0.2) is 12.5 Å². The monoisotopic (exact) mass is 481 g/mol. The summed E-state index contributed by atoms with van der Waals surface area (Å²) >= 11 is 0. The quantitative estimate of drug-likeness (QED) is 0.163. The van der Waals surface area contributed by atoms with Crippen molar-refractivity contribution in [2.75, 3.05) is 0 Å². The number of carboxylic acid groups (broad SMARTS) is 1. The van der Waals surface area contributed by atoms with Gasteiger partial charge in [-0.25, -0.2) is 9.78 Å². The van der Waals surface area contributed by atoms with Crippen LogP contribution in [0.1, 0.15) is 46.2 Å². The molecule has 0 aliphatic rings. The van der Waals surface area contributed by atoms with Crippen LogP contribution in [-0.4, -0.2) is 68.8 Å². The minimum atomic E-state index is -1.24. The first-order valence-electron chi connectivity index (χ1n) is 11.0. The molecule has 0 bridgehead atoms. The Bertz CT molecular complexity index is 856. The summed E-state index contributed by atoms with van der Waals surface area (Å²) in [5.74, 6) is -4.75. The Morgan fingerprint density at radius 1 is 0.971 bits per heavy atom. The van der Waals surface area contributed by atoms with Gasteiger partial charge >= 0.3 is 5.97 Å². The Morgan fingerprint density at radius 3 is 2.03 bits per heavy atom. The van der Waals surface area contributed by atoms with Gasteiger partial charge in [0.15, 0.2) is 0 Å². The van der Waals surface area contributed by atoms with Crippen LogP contribution in [0.2, 0.25) is 0 Å². The van der Waals surface area contributed by atoms with E-state index in [9.17, 15) is 29.1 Å². The van der Waals surface area contributed by atoms with E-state index in [1.807, 2.05) is 0 Å². The van der Waals surface area contributed by atoms with Crippen molar-refractivity contribution in [2.45, 2.75) is 71.1 Å². The molecule has 1 heterocycles. The second-order valence-corrected chi connectivity index (χ2v) is 8.75. The van der Waals surface area contributed by atoms with Gasteiger partial charge in [-0.1, -0.05) is 27.7 Å². The van der Waals surface area contributed by atoms with Crippen molar-refractivity contribution < 1.29 is 29.1 Å². The predicted molar refractivity (Wildman–Crippen MR) is 122 cm³/mol. The highest BCUT2D eigenvalue weighted by Crippen LogP contribution is 2.08. The van der Waals surface area contributed by atoms with Gasteiger partial charge in [0.05, 0.1) is 12.4 Å². The molecule has 1 rings (SSSR count). The van der Waals surface area contributed by atoms with E-state index in [1.165, 1.54) is 12.5 Å². The molecule has 0 spiro atoms. The maximum atomic E-state index is 13.0. The van der Waals surface area contributed by atoms with Gasteiger partial charge in [-0.05, 0) is 18.3 Å². The van der Waals surface area contributed by atoms with Crippen molar-refractivity contribution in [3.8, 4) is 0 Å². The normalized spacial score (nSPS) is 14.7. The van der Waals surface area contributed by atoms with Crippen LogP contribution in [0.25, 0.3) is 0 Å². The molecule has 0 radical (unpaired) electrons. The van der Waals surface area contributed by atoms with Gasteiger partial charge in [0.2, 0.25) is 23.6 Å². The fourth-order valence-corrected chi connectivity index (χ4v) is 3.11. The summed E-state index contributed by atoms with van der Waals surface area (Å²) in [6, 6.07) is -4.42. The topological polar surface area (TPSA) is 222 Å². The molecule has 0 saturated carbocycles. The average Bonchev–Trinajstić information content (AvgIpc) is 3.24. The number of aromatic nitrogens is 2. The number of hydrogen-bond donors (Lipinski definition) is 7. The van der Waals surface area contributed by atoms with E-state index in [4.69, 9.17) is 11.5 Å². The van der Waals surface area contributed by atoms with Gasteiger partial charge < -0.3 is 37.5 Å². The van der Waals surface area contributed by atoms with Gasteiger partial charge in [0.1, 0.15) is 18.1 Å². The van der Waals surface area contributed by atoms with Crippen LogP contribution in [0.3, 0.4) is 0 Å². The van der Waals surface area contributed by atoms with Gasteiger partial charge in [-0.2, -0.15) is 0 Å². The summed E-state index contributed by atoms with van der Waals surface area (Å²) in [4.78, 5) is 67.7. The lowest BCUT2D eigenvalue weighted by Gasteiger charge is -2.27. The lowest BCUT2D eigenvalue weighted by atomic mass is 10.0. The zero-order valence-electron chi connectivity index (χ0n) is 19.8. The molecule has 13 nitrogen and oxygen atoms in total. The fraction of sp³-hybridized carbons (Fsp3) is 0.619. The Hall–Kier alpha value is -3.48. The highest BCUT2D eigenvalue weighted by atomic mass is 16.4. The van der Waals surface area contributed by atoms with Crippen molar-refractivity contribution in [1.82, 2.24) is 25.9 Å². The van der Waals surface area contributed by atoms with Crippen molar-refractivity contribution >= 4 is 29.6 Å². The molecule has 4 unspecified atom stereocenters. The standard InChI is InChI=1S/C21H35N7O6/c1-10(2)16(27-18(30)13(22)7-12-8-24-9-25-12)20(32)26-14(5-6-15(23)29)19(31)28-17(11(3)4)21(33)34/h8-11,13-14,16-17H,5-7,22H2,1-4H3,(H2,23,29)(H,24,25)(H,26,32)(H,27,30)(H,28,31)(H,33,34). The van der Waals surface area contributed by atoms with E-state index in [0.717, 1.165) is 0 Å². The van der Waals surface area contributed by atoms with Crippen LogP contribution in [0.5, 0.6) is 0 Å². The number of primary amides is 1. The van der Waals surface area contributed by atoms with Crippen molar-refractivity contribution in [3.63, 3.8) is 0 Å². The summed E-state index contributed by atoms with van der Waals surface area (Å²) in [5.41, 5.74) is 11.8. The van der Waals surface area contributed by atoms with Crippen LogP contribution in [0.4, 0.5) is 0 Å². The molecule has 0 fully saturated rings. The largest absolute Gasteiger partial charge is 0.480 e. The third-order valence-corrected chi connectivity index (χ3v) is 5.12. The highest BCUT2D eigenvalue weighted by molar-refractivity contribution is 5.94. The summed E-state index contributed by atoms with van der Waals surface area (Å²) in [7, 11) is 0. The van der Waals surface area contributed by atoms with Crippen LogP contribution < -0.4 is 27.4 Å². The Balaban J connectivity index is 2.93. The Labute approximate surface area is 197 Å². The number of imidazole rings is 1. The third kappa shape index (κ3) is 9.17. The van der Waals surface area contributed by atoms with E-state index in [2.05, 4.69) is 25.9 Å². The maximum Gasteiger partial charge on any atom is 0.326 e. The van der Waals surface area contributed by atoms with E-state index < -0.39 is 59.7 Å². The van der Waals surface area contributed by atoms with Gasteiger partial charge in [-0.15, -0.1) is 0 Å². The molecule has 0 aromatic carbocycles. The lowest BCUT2D eigenvalue weighted by molar-refractivity contribution is -0.143. The molecule has 1 aromatic rings. The number of nitrogens with zero attached hydrogens (tertiary/aromatic N) is 1. The number of carbonyl (C=O) groups excluding carboxylic acids is 4. The maximum absolute atomic E-state index is 13.0. The SMILES string of the molecule is CC(C)C(NC(=O)C(CCC(N)=O)NC(=O)C(NC(=O)C(N)Cc1cnc[nH]1)C(C)C)C(=O)O.